The van der Waals surface area contributed by atoms with E-state index in [4.69, 9.17) is 4.74 Å². The minimum atomic E-state index is -0.490. The standard InChI is InChI=1S/C15H18N2O4/c1-2-21-15(20)11-5-3-4-6-12(11)17-13(18)9-16-14(19)10-7-8-10/h3-6,10H,2,7-9H2,1H3,(H,16,19)(H,17,18). The van der Waals surface area contributed by atoms with E-state index in [2.05, 4.69) is 10.6 Å². The van der Waals surface area contributed by atoms with Gasteiger partial charge in [-0.05, 0) is 31.9 Å². The molecule has 1 aliphatic carbocycles. The third-order valence-electron chi connectivity index (χ3n) is 3.07. The van der Waals surface area contributed by atoms with Crippen LogP contribution in [-0.4, -0.2) is 30.9 Å². The third-order valence-corrected chi connectivity index (χ3v) is 3.07. The van der Waals surface area contributed by atoms with Crippen LogP contribution in [0.25, 0.3) is 0 Å². The number of rotatable bonds is 6. The van der Waals surface area contributed by atoms with Gasteiger partial charge >= 0.3 is 5.97 Å². The van der Waals surface area contributed by atoms with Gasteiger partial charge in [0.15, 0.2) is 0 Å². The van der Waals surface area contributed by atoms with Gasteiger partial charge in [-0.3, -0.25) is 9.59 Å². The van der Waals surface area contributed by atoms with Gasteiger partial charge in [-0.2, -0.15) is 0 Å². The fourth-order valence-corrected chi connectivity index (χ4v) is 1.83. The van der Waals surface area contributed by atoms with Gasteiger partial charge in [0, 0.05) is 5.92 Å². The molecule has 0 atom stereocenters. The first-order chi connectivity index (χ1) is 10.1. The monoisotopic (exact) mass is 290 g/mol. The lowest BCUT2D eigenvalue weighted by molar-refractivity contribution is -0.125. The molecule has 1 fully saturated rings. The Morgan fingerprint density at radius 1 is 1.24 bits per heavy atom. The number of anilines is 1. The van der Waals surface area contributed by atoms with Crippen LogP contribution in [0.2, 0.25) is 0 Å². The Labute approximate surface area is 122 Å². The van der Waals surface area contributed by atoms with Crippen molar-refractivity contribution in [2.45, 2.75) is 19.8 Å². The molecule has 0 bridgehead atoms. The van der Waals surface area contributed by atoms with Crippen LogP contribution >= 0.6 is 0 Å². The second kappa shape index (κ2) is 6.88. The molecule has 0 spiro atoms. The number of amides is 2. The summed E-state index contributed by atoms with van der Waals surface area (Å²) in [6.07, 6.45) is 1.78. The summed E-state index contributed by atoms with van der Waals surface area (Å²) in [7, 11) is 0. The van der Waals surface area contributed by atoms with Gasteiger partial charge in [-0.15, -0.1) is 0 Å². The number of nitrogens with one attached hydrogen (secondary N) is 2. The molecular formula is C15H18N2O4. The van der Waals surface area contributed by atoms with Crippen LogP contribution in [0, 0.1) is 5.92 Å². The first-order valence-corrected chi connectivity index (χ1v) is 6.95. The maximum absolute atomic E-state index is 11.8. The summed E-state index contributed by atoms with van der Waals surface area (Å²) >= 11 is 0. The van der Waals surface area contributed by atoms with Crippen LogP contribution < -0.4 is 10.6 Å². The number of hydrogen-bond donors (Lipinski definition) is 2. The summed E-state index contributed by atoms with van der Waals surface area (Å²) in [4.78, 5) is 35.0. The van der Waals surface area contributed by atoms with E-state index >= 15 is 0 Å². The van der Waals surface area contributed by atoms with Gasteiger partial charge in [-0.1, -0.05) is 12.1 Å². The summed E-state index contributed by atoms with van der Waals surface area (Å²) in [6, 6.07) is 6.60. The summed E-state index contributed by atoms with van der Waals surface area (Å²) in [5.41, 5.74) is 0.669. The Bertz CT molecular complexity index is 552. The molecule has 0 saturated heterocycles. The van der Waals surface area contributed by atoms with E-state index in [1.165, 1.54) is 0 Å². The Balaban J connectivity index is 1.93. The molecule has 6 heteroatoms. The maximum Gasteiger partial charge on any atom is 0.340 e. The van der Waals surface area contributed by atoms with Gasteiger partial charge < -0.3 is 15.4 Å². The molecule has 1 saturated carbocycles. The van der Waals surface area contributed by atoms with Crippen molar-refractivity contribution >= 4 is 23.5 Å². The Morgan fingerprint density at radius 3 is 2.62 bits per heavy atom. The molecule has 2 rings (SSSR count). The van der Waals surface area contributed by atoms with Gasteiger partial charge in [0.25, 0.3) is 0 Å². The molecule has 1 aromatic rings. The van der Waals surface area contributed by atoms with E-state index in [1.807, 2.05) is 0 Å². The van der Waals surface area contributed by atoms with Crippen LogP contribution in [-0.2, 0) is 14.3 Å². The van der Waals surface area contributed by atoms with Crippen molar-refractivity contribution in [3.05, 3.63) is 29.8 Å². The zero-order chi connectivity index (χ0) is 15.2. The molecule has 112 valence electrons. The summed E-state index contributed by atoms with van der Waals surface area (Å²) < 4.78 is 4.93. The van der Waals surface area contributed by atoms with Crippen LogP contribution in [0.15, 0.2) is 24.3 Å². The van der Waals surface area contributed by atoms with Gasteiger partial charge in [0.2, 0.25) is 11.8 Å². The van der Waals surface area contributed by atoms with Crippen molar-refractivity contribution in [2.75, 3.05) is 18.5 Å². The lowest BCUT2D eigenvalue weighted by Crippen LogP contribution is -2.34. The maximum atomic E-state index is 11.8. The average molecular weight is 290 g/mol. The predicted molar refractivity (Wildman–Crippen MR) is 76.8 cm³/mol. The number of ether oxygens (including phenoxy) is 1. The van der Waals surface area contributed by atoms with Crippen molar-refractivity contribution in [3.8, 4) is 0 Å². The lowest BCUT2D eigenvalue weighted by Gasteiger charge is -2.10. The van der Waals surface area contributed by atoms with Crippen molar-refractivity contribution in [3.63, 3.8) is 0 Å². The van der Waals surface area contributed by atoms with Gasteiger partial charge in [0.1, 0.15) is 0 Å². The zero-order valence-electron chi connectivity index (χ0n) is 11.8. The summed E-state index contributed by atoms with van der Waals surface area (Å²) in [5, 5.41) is 5.18. The van der Waals surface area contributed by atoms with Crippen LogP contribution in [0.4, 0.5) is 5.69 Å². The molecule has 21 heavy (non-hydrogen) atoms. The highest BCUT2D eigenvalue weighted by Crippen LogP contribution is 2.28. The normalized spacial score (nSPS) is 13.4. The highest BCUT2D eigenvalue weighted by molar-refractivity contribution is 6.02. The first kappa shape index (κ1) is 15.0. The van der Waals surface area contributed by atoms with E-state index < -0.39 is 5.97 Å². The smallest absolute Gasteiger partial charge is 0.340 e. The zero-order valence-corrected chi connectivity index (χ0v) is 11.8. The fraction of sp³-hybridized carbons (Fsp3) is 0.400. The minimum Gasteiger partial charge on any atom is -0.462 e. The summed E-state index contributed by atoms with van der Waals surface area (Å²) in [6.45, 7) is 1.87. The Kier molecular flexibility index (Phi) is 4.92. The molecule has 6 nitrogen and oxygen atoms in total. The summed E-state index contributed by atoms with van der Waals surface area (Å²) in [5.74, 6) is -0.899. The van der Waals surface area contributed by atoms with E-state index in [0.29, 0.717) is 11.3 Å². The van der Waals surface area contributed by atoms with Crippen molar-refractivity contribution < 1.29 is 19.1 Å². The molecular weight excluding hydrogens is 272 g/mol. The van der Waals surface area contributed by atoms with E-state index in [-0.39, 0.29) is 30.9 Å². The molecule has 0 heterocycles. The quantitative estimate of drug-likeness (QED) is 0.774. The van der Waals surface area contributed by atoms with Gasteiger partial charge in [-0.25, -0.2) is 4.79 Å². The molecule has 0 aliphatic heterocycles. The molecule has 0 unspecified atom stereocenters. The van der Waals surface area contributed by atoms with E-state index in [9.17, 15) is 14.4 Å². The minimum absolute atomic E-state index is 0.0598. The van der Waals surface area contributed by atoms with Crippen molar-refractivity contribution in [2.24, 2.45) is 5.92 Å². The van der Waals surface area contributed by atoms with Crippen LogP contribution in [0.1, 0.15) is 30.1 Å². The third kappa shape index (κ3) is 4.30. The van der Waals surface area contributed by atoms with Crippen LogP contribution in [0.5, 0.6) is 0 Å². The van der Waals surface area contributed by atoms with E-state index in [1.54, 1.807) is 31.2 Å². The Morgan fingerprint density at radius 2 is 1.95 bits per heavy atom. The second-order valence-corrected chi connectivity index (χ2v) is 4.81. The number of hydrogen-bond acceptors (Lipinski definition) is 4. The number of benzene rings is 1. The van der Waals surface area contributed by atoms with E-state index in [0.717, 1.165) is 12.8 Å². The van der Waals surface area contributed by atoms with Crippen molar-refractivity contribution in [1.82, 2.24) is 5.32 Å². The molecule has 0 radical (unpaired) electrons. The number of para-hydroxylation sites is 1. The highest BCUT2D eigenvalue weighted by Gasteiger charge is 2.29. The predicted octanol–water partition coefficient (Wildman–Crippen LogP) is 1.33. The highest BCUT2D eigenvalue weighted by atomic mass is 16.5. The number of carbonyl (C=O) groups is 3. The fourth-order valence-electron chi connectivity index (χ4n) is 1.83. The molecule has 1 aromatic carbocycles. The van der Waals surface area contributed by atoms with Gasteiger partial charge in [0.05, 0.1) is 24.4 Å². The molecule has 1 aliphatic rings. The van der Waals surface area contributed by atoms with Crippen LogP contribution in [0.3, 0.4) is 0 Å². The topological polar surface area (TPSA) is 84.5 Å². The number of esters is 1. The SMILES string of the molecule is CCOC(=O)c1ccccc1NC(=O)CNC(=O)C1CC1. The second-order valence-electron chi connectivity index (χ2n) is 4.81. The Hall–Kier alpha value is -2.37. The lowest BCUT2D eigenvalue weighted by atomic mass is 10.2. The average Bonchev–Trinajstić information content (AvgIpc) is 3.30. The molecule has 2 N–H and O–H groups in total. The number of carbonyl (C=O) groups excluding carboxylic acids is 3. The largest absolute Gasteiger partial charge is 0.462 e. The molecule has 0 aromatic heterocycles. The molecule has 2 amide bonds. The van der Waals surface area contributed by atoms with Crippen molar-refractivity contribution in [1.29, 1.82) is 0 Å². The first-order valence-electron chi connectivity index (χ1n) is 6.95.